The zero-order valence-electron chi connectivity index (χ0n) is 18.7. The molecule has 3 rings (SSSR count). The third-order valence-electron chi connectivity index (χ3n) is 5.48. The quantitative estimate of drug-likeness (QED) is 0.412. The number of benzene rings is 2. The molecule has 1 unspecified atom stereocenters. The van der Waals surface area contributed by atoms with Crippen LogP contribution in [-0.2, 0) is 17.3 Å². The van der Waals surface area contributed by atoms with E-state index >= 15 is 0 Å². The van der Waals surface area contributed by atoms with Gasteiger partial charge in [-0.3, -0.25) is 4.79 Å². The van der Waals surface area contributed by atoms with Gasteiger partial charge >= 0.3 is 0 Å². The van der Waals surface area contributed by atoms with Gasteiger partial charge in [0.05, 0.1) is 30.1 Å². The van der Waals surface area contributed by atoms with Crippen LogP contribution >= 0.6 is 0 Å². The highest BCUT2D eigenvalue weighted by Crippen LogP contribution is 2.31. The summed E-state index contributed by atoms with van der Waals surface area (Å²) in [5.74, 6) is -2.64. The number of halogens is 2. The number of nitrogens with one attached hydrogen (secondary N) is 2. The van der Waals surface area contributed by atoms with Crippen LogP contribution in [-0.4, -0.2) is 39.0 Å². The van der Waals surface area contributed by atoms with Gasteiger partial charge in [-0.25, -0.2) is 13.8 Å². The van der Waals surface area contributed by atoms with Gasteiger partial charge < -0.3 is 20.3 Å². The van der Waals surface area contributed by atoms with Crippen LogP contribution < -0.4 is 5.32 Å². The van der Waals surface area contributed by atoms with E-state index < -0.39 is 12.0 Å². The third kappa shape index (κ3) is 5.43. The van der Waals surface area contributed by atoms with Gasteiger partial charge in [0.2, 0.25) is 11.9 Å². The minimum Gasteiger partial charge on any atom is -0.392 e. The Labute approximate surface area is 186 Å². The first kappa shape index (κ1) is 23.7. The lowest BCUT2D eigenvalue weighted by Gasteiger charge is -2.25. The molecule has 0 aliphatic carbocycles. The number of anilines is 1. The van der Waals surface area contributed by atoms with E-state index in [1.165, 1.54) is 12.1 Å². The van der Waals surface area contributed by atoms with E-state index in [9.17, 15) is 18.7 Å². The van der Waals surface area contributed by atoms with Crippen LogP contribution in [0.4, 0.5) is 14.7 Å². The molecule has 1 heterocycles. The number of amides is 1. The summed E-state index contributed by atoms with van der Waals surface area (Å²) >= 11 is 0. The smallest absolute Gasteiger partial charge is 0.270 e. The summed E-state index contributed by atoms with van der Waals surface area (Å²) in [4.78, 5) is 22.4. The predicted octanol–water partition coefficient (Wildman–Crippen LogP) is 4.97. The molecule has 8 heteroatoms. The number of hydrogen-bond donors (Lipinski definition) is 3. The van der Waals surface area contributed by atoms with Crippen LogP contribution in [0.5, 0.6) is 0 Å². The Kier molecular flexibility index (Phi) is 7.45. The van der Waals surface area contributed by atoms with E-state index in [2.05, 4.69) is 15.3 Å². The molecule has 32 heavy (non-hydrogen) atoms. The van der Waals surface area contributed by atoms with E-state index in [1.807, 2.05) is 26.0 Å². The number of carbonyl (C=O) groups excluding carboxylic acids is 1. The lowest BCUT2D eigenvalue weighted by molar-refractivity contribution is -0.131. The fourth-order valence-electron chi connectivity index (χ4n) is 3.77. The molecule has 2 aromatic carbocycles. The van der Waals surface area contributed by atoms with Crippen molar-refractivity contribution in [1.82, 2.24) is 14.9 Å². The minimum atomic E-state index is -2.99. The molecule has 0 aliphatic rings. The topological polar surface area (TPSA) is 81.2 Å². The number of fused-ring (bicyclic) bond motifs is 1. The van der Waals surface area contributed by atoms with Crippen molar-refractivity contribution in [2.45, 2.75) is 52.2 Å². The second-order valence-corrected chi connectivity index (χ2v) is 7.95. The molecule has 0 aliphatic heterocycles. The Bertz CT molecular complexity index is 1060. The number of aliphatic hydroxyl groups is 1. The van der Waals surface area contributed by atoms with Crippen molar-refractivity contribution in [3.8, 4) is 0 Å². The van der Waals surface area contributed by atoms with Gasteiger partial charge in [-0.1, -0.05) is 37.3 Å². The summed E-state index contributed by atoms with van der Waals surface area (Å²) in [7, 11) is 0. The molecule has 3 N–H and O–H groups in total. The van der Waals surface area contributed by atoms with Gasteiger partial charge in [0.15, 0.2) is 0 Å². The molecule has 0 fully saturated rings. The maximum atomic E-state index is 14.0. The number of hydrogen-bond acceptors (Lipinski definition) is 4. The second kappa shape index (κ2) is 10.1. The fraction of sp³-hybridized carbons (Fsp3) is 0.417. The minimum absolute atomic E-state index is 0.0623. The maximum Gasteiger partial charge on any atom is 0.270 e. The highest BCUT2D eigenvalue weighted by Gasteiger charge is 2.27. The normalized spacial score (nSPS) is 12.7. The van der Waals surface area contributed by atoms with Crippen LogP contribution in [0, 0.1) is 0 Å². The molecule has 1 aromatic heterocycles. The monoisotopic (exact) mass is 444 g/mol. The zero-order valence-corrected chi connectivity index (χ0v) is 18.7. The van der Waals surface area contributed by atoms with Crippen molar-refractivity contribution in [3.05, 3.63) is 59.2 Å². The summed E-state index contributed by atoms with van der Waals surface area (Å²) in [6, 6.07) is 11.0. The number of aromatic amines is 1. The standard InChI is InChI=1S/C24H30F2N4O2/c1-4-12-30(5-2)21(32)14-20(16-8-6-10-18(13-16)24(3,25)26)28-23-27-19-11-7-9-17(15-31)22(19)29-23/h6-11,13,20,31H,4-5,12,14-15H2,1-3H3,(H2,27,28,29). The summed E-state index contributed by atoms with van der Waals surface area (Å²) in [6.07, 6.45) is 0.930. The fourth-order valence-corrected chi connectivity index (χ4v) is 3.77. The van der Waals surface area contributed by atoms with Gasteiger partial charge in [0, 0.05) is 31.1 Å². The first-order valence-electron chi connectivity index (χ1n) is 10.9. The van der Waals surface area contributed by atoms with Crippen LogP contribution in [0.2, 0.25) is 0 Å². The number of aliphatic hydroxyl groups excluding tert-OH is 1. The molecular weight excluding hydrogens is 414 g/mol. The van der Waals surface area contributed by atoms with Crippen molar-refractivity contribution >= 4 is 22.9 Å². The molecule has 3 aromatic rings. The molecule has 6 nitrogen and oxygen atoms in total. The van der Waals surface area contributed by atoms with Gasteiger partial charge in [-0.15, -0.1) is 0 Å². The molecule has 0 saturated carbocycles. The maximum absolute atomic E-state index is 14.0. The van der Waals surface area contributed by atoms with Crippen molar-refractivity contribution < 1.29 is 18.7 Å². The molecule has 0 spiro atoms. The Balaban J connectivity index is 1.96. The van der Waals surface area contributed by atoms with Gasteiger partial charge in [-0.05, 0) is 31.0 Å². The number of H-pyrrole nitrogens is 1. The number of imidazole rings is 1. The van der Waals surface area contributed by atoms with Crippen LogP contribution in [0.3, 0.4) is 0 Å². The molecule has 172 valence electrons. The van der Waals surface area contributed by atoms with Gasteiger partial charge in [-0.2, -0.15) is 0 Å². The SMILES string of the molecule is CCCN(CC)C(=O)CC(Nc1nc2c(CO)cccc2[nH]1)c1cccc(C(C)(F)F)c1. The van der Waals surface area contributed by atoms with Crippen molar-refractivity contribution in [2.24, 2.45) is 0 Å². The Morgan fingerprint density at radius 3 is 2.66 bits per heavy atom. The Hall–Kier alpha value is -3.00. The molecule has 0 saturated heterocycles. The number of rotatable bonds is 10. The average Bonchev–Trinajstić information content (AvgIpc) is 3.19. The van der Waals surface area contributed by atoms with Crippen molar-refractivity contribution in [3.63, 3.8) is 0 Å². The lowest BCUT2D eigenvalue weighted by Crippen LogP contribution is -2.33. The number of aromatic nitrogens is 2. The summed E-state index contributed by atoms with van der Waals surface area (Å²) in [6.45, 7) is 5.85. The highest BCUT2D eigenvalue weighted by molar-refractivity contribution is 5.81. The lowest BCUT2D eigenvalue weighted by atomic mass is 9.98. The summed E-state index contributed by atoms with van der Waals surface area (Å²) < 4.78 is 27.9. The number of para-hydroxylation sites is 1. The highest BCUT2D eigenvalue weighted by atomic mass is 19.3. The number of alkyl halides is 2. The zero-order chi connectivity index (χ0) is 23.3. The number of carbonyl (C=O) groups is 1. The van der Waals surface area contributed by atoms with E-state index in [0.717, 1.165) is 18.9 Å². The van der Waals surface area contributed by atoms with Crippen molar-refractivity contribution in [1.29, 1.82) is 0 Å². The third-order valence-corrected chi connectivity index (χ3v) is 5.48. The van der Waals surface area contributed by atoms with Crippen LogP contribution in [0.15, 0.2) is 42.5 Å². The van der Waals surface area contributed by atoms with E-state index in [0.29, 0.717) is 35.7 Å². The Morgan fingerprint density at radius 2 is 2.00 bits per heavy atom. The predicted molar refractivity (Wildman–Crippen MR) is 122 cm³/mol. The molecular formula is C24H30F2N4O2. The molecule has 0 bridgehead atoms. The van der Waals surface area contributed by atoms with Gasteiger partial charge in [0.25, 0.3) is 5.92 Å². The Morgan fingerprint density at radius 1 is 1.25 bits per heavy atom. The van der Waals surface area contributed by atoms with Crippen LogP contribution in [0.25, 0.3) is 11.0 Å². The largest absolute Gasteiger partial charge is 0.392 e. The first-order valence-corrected chi connectivity index (χ1v) is 10.9. The first-order chi connectivity index (χ1) is 15.3. The number of nitrogens with zero attached hydrogens (tertiary/aromatic N) is 2. The van der Waals surface area contributed by atoms with E-state index in [-0.39, 0.29) is 24.5 Å². The average molecular weight is 445 g/mol. The molecule has 0 radical (unpaired) electrons. The van der Waals surface area contributed by atoms with Gasteiger partial charge in [0.1, 0.15) is 0 Å². The molecule has 1 amide bonds. The van der Waals surface area contributed by atoms with E-state index in [4.69, 9.17) is 0 Å². The van der Waals surface area contributed by atoms with Crippen LogP contribution in [0.1, 0.15) is 56.3 Å². The summed E-state index contributed by atoms with van der Waals surface area (Å²) in [5, 5.41) is 12.8. The summed E-state index contributed by atoms with van der Waals surface area (Å²) in [5.41, 5.74) is 2.50. The molecule has 1 atom stereocenters. The second-order valence-electron chi connectivity index (χ2n) is 7.95. The van der Waals surface area contributed by atoms with E-state index in [1.54, 1.807) is 23.1 Å². The van der Waals surface area contributed by atoms with Crippen molar-refractivity contribution in [2.75, 3.05) is 18.4 Å².